The van der Waals surface area contributed by atoms with Gasteiger partial charge in [0.15, 0.2) is 5.78 Å². The van der Waals surface area contributed by atoms with Crippen LogP contribution >= 0.6 is 0 Å². The van der Waals surface area contributed by atoms with Crippen LogP contribution < -0.4 is 4.90 Å². The molecule has 20 heavy (non-hydrogen) atoms. The first-order valence-corrected chi connectivity index (χ1v) is 8.03. The summed E-state index contributed by atoms with van der Waals surface area (Å²) in [5.74, 6) is 0.253. The number of piperidine rings is 1. The van der Waals surface area contributed by atoms with Crippen molar-refractivity contribution >= 4 is 11.5 Å². The van der Waals surface area contributed by atoms with Gasteiger partial charge in [0.25, 0.3) is 0 Å². The van der Waals surface area contributed by atoms with Crippen LogP contribution in [0.4, 0.5) is 5.69 Å². The molecule has 0 aromatic heterocycles. The molecular weight excluding hydrogens is 246 g/mol. The summed E-state index contributed by atoms with van der Waals surface area (Å²) in [5, 5.41) is 0. The van der Waals surface area contributed by atoms with Gasteiger partial charge >= 0.3 is 0 Å². The van der Waals surface area contributed by atoms with E-state index in [1.165, 1.54) is 25.7 Å². The lowest BCUT2D eigenvalue weighted by molar-refractivity contribution is 0.0988. The van der Waals surface area contributed by atoms with Crippen molar-refractivity contribution in [2.24, 2.45) is 5.41 Å². The summed E-state index contributed by atoms with van der Waals surface area (Å²) in [6.45, 7) is 8.72. The topological polar surface area (TPSA) is 20.3 Å². The second kappa shape index (κ2) is 6.43. The predicted molar refractivity (Wildman–Crippen MR) is 85.5 cm³/mol. The predicted octanol–water partition coefficient (Wildman–Crippen LogP) is 4.69. The molecule has 1 aromatic rings. The number of hydrogen-bond acceptors (Lipinski definition) is 2. The van der Waals surface area contributed by atoms with Crippen molar-refractivity contribution in [3.05, 3.63) is 29.8 Å². The van der Waals surface area contributed by atoms with E-state index in [9.17, 15) is 4.79 Å². The van der Waals surface area contributed by atoms with Crippen LogP contribution in [0.25, 0.3) is 0 Å². The van der Waals surface area contributed by atoms with Crippen LogP contribution in [0.5, 0.6) is 0 Å². The molecular formula is C18H27NO. The van der Waals surface area contributed by atoms with E-state index in [0.717, 1.165) is 24.3 Å². The van der Waals surface area contributed by atoms with Gasteiger partial charge in [0.2, 0.25) is 0 Å². The molecule has 1 fully saturated rings. The lowest BCUT2D eigenvalue weighted by Crippen LogP contribution is -2.40. The van der Waals surface area contributed by atoms with Crippen LogP contribution in [0.3, 0.4) is 0 Å². The van der Waals surface area contributed by atoms with Crippen molar-refractivity contribution in [3.63, 3.8) is 0 Å². The van der Waals surface area contributed by atoms with Crippen LogP contribution in [0.2, 0.25) is 0 Å². The van der Waals surface area contributed by atoms with E-state index in [0.29, 0.717) is 11.8 Å². The highest BCUT2D eigenvalue weighted by Crippen LogP contribution is 2.39. The van der Waals surface area contributed by atoms with E-state index in [1.807, 2.05) is 25.1 Å². The minimum absolute atomic E-state index is 0.253. The lowest BCUT2D eigenvalue weighted by atomic mass is 9.74. The van der Waals surface area contributed by atoms with Gasteiger partial charge in [0, 0.05) is 30.8 Å². The molecule has 0 N–H and O–H groups in total. The number of nitrogens with zero attached hydrogens (tertiary/aromatic N) is 1. The van der Waals surface area contributed by atoms with Crippen LogP contribution in [0, 0.1) is 5.41 Å². The molecule has 2 nitrogen and oxygen atoms in total. The van der Waals surface area contributed by atoms with E-state index in [4.69, 9.17) is 0 Å². The number of Topliss-reactive ketones (excluding diaryl/α,β-unsaturated/α-hetero) is 1. The smallest absolute Gasteiger partial charge is 0.164 e. The fraction of sp³-hybridized carbons (Fsp3) is 0.611. The largest absolute Gasteiger partial charge is 0.371 e. The van der Waals surface area contributed by atoms with Gasteiger partial charge in [-0.15, -0.1) is 0 Å². The Balaban J connectivity index is 2.17. The Morgan fingerprint density at radius 2 is 1.70 bits per heavy atom. The fourth-order valence-corrected chi connectivity index (χ4v) is 3.35. The molecule has 1 aliphatic rings. The zero-order chi connectivity index (χ0) is 14.6. The lowest BCUT2D eigenvalue weighted by Gasteiger charge is -2.42. The molecule has 0 unspecified atom stereocenters. The summed E-state index contributed by atoms with van der Waals surface area (Å²) in [7, 11) is 0. The molecule has 1 aromatic carbocycles. The molecule has 1 aliphatic heterocycles. The Morgan fingerprint density at radius 3 is 2.25 bits per heavy atom. The summed E-state index contributed by atoms with van der Waals surface area (Å²) < 4.78 is 0. The molecule has 2 rings (SSSR count). The maximum atomic E-state index is 12.1. The SMILES string of the molecule is CCC(=O)c1ccccc1N1CCC(CC)(CC)CC1. The minimum atomic E-state index is 0.253. The van der Waals surface area contributed by atoms with Gasteiger partial charge < -0.3 is 4.90 Å². The number of carbonyl (C=O) groups is 1. The number of para-hydroxylation sites is 1. The average molecular weight is 273 g/mol. The standard InChI is InChI=1S/C18H27NO/c1-4-17(20)15-9-7-8-10-16(15)19-13-11-18(5-2,6-3)12-14-19/h7-10H,4-6,11-14H2,1-3H3. The van der Waals surface area contributed by atoms with Crippen molar-refractivity contribution in [2.75, 3.05) is 18.0 Å². The maximum absolute atomic E-state index is 12.1. The Labute approximate surface area is 123 Å². The molecule has 0 bridgehead atoms. The highest BCUT2D eigenvalue weighted by atomic mass is 16.1. The summed E-state index contributed by atoms with van der Waals surface area (Å²) in [4.78, 5) is 14.5. The minimum Gasteiger partial charge on any atom is -0.371 e. The first kappa shape index (κ1) is 15.1. The summed E-state index contributed by atoms with van der Waals surface area (Å²) >= 11 is 0. The maximum Gasteiger partial charge on any atom is 0.164 e. The second-order valence-corrected chi connectivity index (χ2v) is 5.99. The van der Waals surface area contributed by atoms with Crippen molar-refractivity contribution in [2.45, 2.75) is 52.9 Å². The molecule has 2 heteroatoms. The van der Waals surface area contributed by atoms with Gasteiger partial charge in [-0.25, -0.2) is 0 Å². The van der Waals surface area contributed by atoms with E-state index in [2.05, 4.69) is 24.8 Å². The highest BCUT2D eigenvalue weighted by Gasteiger charge is 2.32. The molecule has 0 aliphatic carbocycles. The van der Waals surface area contributed by atoms with Crippen molar-refractivity contribution in [3.8, 4) is 0 Å². The Bertz CT molecular complexity index is 452. The van der Waals surface area contributed by atoms with Gasteiger partial charge in [-0.1, -0.05) is 45.7 Å². The Hall–Kier alpha value is -1.31. The van der Waals surface area contributed by atoms with Crippen molar-refractivity contribution in [1.29, 1.82) is 0 Å². The van der Waals surface area contributed by atoms with Crippen molar-refractivity contribution in [1.82, 2.24) is 0 Å². The van der Waals surface area contributed by atoms with Gasteiger partial charge in [-0.3, -0.25) is 4.79 Å². The molecule has 0 saturated carbocycles. The number of benzene rings is 1. The average Bonchev–Trinajstić information content (AvgIpc) is 2.54. The normalized spacial score (nSPS) is 18.1. The molecule has 1 saturated heterocycles. The monoisotopic (exact) mass is 273 g/mol. The molecule has 1 heterocycles. The van der Waals surface area contributed by atoms with E-state index < -0.39 is 0 Å². The Morgan fingerprint density at radius 1 is 1.10 bits per heavy atom. The number of carbonyl (C=O) groups excluding carboxylic acids is 1. The summed E-state index contributed by atoms with van der Waals surface area (Å²) in [6, 6.07) is 8.10. The van der Waals surface area contributed by atoms with Gasteiger partial charge in [-0.05, 0) is 30.4 Å². The highest BCUT2D eigenvalue weighted by molar-refractivity contribution is 6.01. The van der Waals surface area contributed by atoms with Crippen LogP contribution in [-0.4, -0.2) is 18.9 Å². The number of hydrogen-bond donors (Lipinski definition) is 0. The Kier molecular flexibility index (Phi) is 4.85. The van der Waals surface area contributed by atoms with Gasteiger partial charge in [0.05, 0.1) is 0 Å². The summed E-state index contributed by atoms with van der Waals surface area (Å²) in [5.41, 5.74) is 2.57. The quantitative estimate of drug-likeness (QED) is 0.726. The van der Waals surface area contributed by atoms with Crippen LogP contribution in [-0.2, 0) is 0 Å². The first-order chi connectivity index (χ1) is 9.65. The van der Waals surface area contributed by atoms with Crippen LogP contribution in [0.15, 0.2) is 24.3 Å². The third-order valence-electron chi connectivity index (χ3n) is 5.19. The molecule has 110 valence electrons. The van der Waals surface area contributed by atoms with Crippen molar-refractivity contribution < 1.29 is 4.79 Å². The van der Waals surface area contributed by atoms with Crippen LogP contribution in [0.1, 0.15) is 63.2 Å². The zero-order valence-electron chi connectivity index (χ0n) is 13.1. The first-order valence-electron chi connectivity index (χ1n) is 8.03. The molecule has 0 radical (unpaired) electrons. The molecule has 0 atom stereocenters. The number of anilines is 1. The third kappa shape index (κ3) is 2.89. The summed E-state index contributed by atoms with van der Waals surface area (Å²) in [6.07, 6.45) is 5.61. The number of ketones is 1. The molecule has 0 spiro atoms. The fourth-order valence-electron chi connectivity index (χ4n) is 3.35. The molecule has 0 amide bonds. The van der Waals surface area contributed by atoms with E-state index in [1.54, 1.807) is 0 Å². The van der Waals surface area contributed by atoms with E-state index in [-0.39, 0.29) is 5.78 Å². The van der Waals surface area contributed by atoms with Gasteiger partial charge in [-0.2, -0.15) is 0 Å². The third-order valence-corrected chi connectivity index (χ3v) is 5.19. The van der Waals surface area contributed by atoms with Gasteiger partial charge in [0.1, 0.15) is 0 Å². The second-order valence-electron chi connectivity index (χ2n) is 5.99. The number of rotatable bonds is 5. The van der Waals surface area contributed by atoms with E-state index >= 15 is 0 Å². The zero-order valence-corrected chi connectivity index (χ0v) is 13.1.